The molecule has 1 heterocycles. The van der Waals surface area contributed by atoms with Crippen LogP contribution in [0.25, 0.3) is 22.5 Å². The molecule has 7 nitrogen and oxygen atoms in total. The van der Waals surface area contributed by atoms with Gasteiger partial charge >= 0.3 is 0 Å². The van der Waals surface area contributed by atoms with E-state index in [0.29, 0.717) is 27.8 Å². The van der Waals surface area contributed by atoms with Crippen LogP contribution < -0.4 is 20.1 Å². The number of benzene rings is 3. The lowest BCUT2D eigenvalue weighted by Gasteiger charge is -2.13. The van der Waals surface area contributed by atoms with Crippen LogP contribution in [-0.4, -0.2) is 36.6 Å². The zero-order chi connectivity index (χ0) is 24.8. The molecule has 0 atom stereocenters. The van der Waals surface area contributed by atoms with Crippen LogP contribution in [0.1, 0.15) is 5.56 Å². The predicted molar refractivity (Wildman–Crippen MR) is 139 cm³/mol. The van der Waals surface area contributed by atoms with E-state index in [1.807, 2.05) is 61.5 Å². The fraction of sp³-hybridized carbons (Fsp3) is 0.148. The molecule has 0 radical (unpaired) electrons. The summed E-state index contributed by atoms with van der Waals surface area (Å²) < 4.78 is 10.6. The van der Waals surface area contributed by atoms with Gasteiger partial charge in [-0.15, -0.1) is 0 Å². The first-order valence-corrected chi connectivity index (χ1v) is 11.3. The molecule has 1 amide bonds. The van der Waals surface area contributed by atoms with Crippen molar-refractivity contribution in [1.82, 2.24) is 9.97 Å². The quantitative estimate of drug-likeness (QED) is 0.324. The molecule has 0 aliphatic carbocycles. The van der Waals surface area contributed by atoms with Crippen molar-refractivity contribution in [2.45, 2.75) is 6.92 Å². The minimum Gasteiger partial charge on any atom is -0.497 e. The van der Waals surface area contributed by atoms with Gasteiger partial charge in [0.15, 0.2) is 0 Å². The summed E-state index contributed by atoms with van der Waals surface area (Å²) in [4.78, 5) is 21.9. The van der Waals surface area contributed by atoms with E-state index < -0.39 is 0 Å². The maximum Gasteiger partial charge on any atom is 0.246 e. The van der Waals surface area contributed by atoms with Crippen molar-refractivity contribution in [1.29, 1.82) is 0 Å². The second kappa shape index (κ2) is 10.9. The lowest BCUT2D eigenvalue weighted by atomic mass is 10.1. The number of ether oxygens (including phenoxy) is 2. The highest BCUT2D eigenvalue weighted by molar-refractivity contribution is 6.31. The van der Waals surface area contributed by atoms with Crippen molar-refractivity contribution in [3.63, 3.8) is 0 Å². The summed E-state index contributed by atoms with van der Waals surface area (Å²) in [7, 11) is 3.18. The molecule has 3 aromatic carbocycles. The van der Waals surface area contributed by atoms with Crippen molar-refractivity contribution < 1.29 is 14.3 Å². The molecule has 0 aliphatic rings. The van der Waals surface area contributed by atoms with Crippen molar-refractivity contribution >= 4 is 29.1 Å². The highest BCUT2D eigenvalue weighted by Gasteiger charge is 2.13. The Bertz CT molecular complexity index is 1330. The number of amides is 1. The van der Waals surface area contributed by atoms with Gasteiger partial charge in [-0.05, 0) is 55.5 Å². The van der Waals surface area contributed by atoms with E-state index in [9.17, 15) is 4.79 Å². The molecule has 178 valence electrons. The molecule has 0 bridgehead atoms. The van der Waals surface area contributed by atoms with Gasteiger partial charge in [0.25, 0.3) is 0 Å². The van der Waals surface area contributed by atoms with Gasteiger partial charge < -0.3 is 14.8 Å². The average Bonchev–Trinajstić information content (AvgIpc) is 2.88. The summed E-state index contributed by atoms with van der Waals surface area (Å²) in [5.74, 6) is 1.23. The molecule has 8 heteroatoms. The molecular weight excluding hydrogens is 464 g/mol. The van der Waals surface area contributed by atoms with Gasteiger partial charge in [0.1, 0.15) is 11.5 Å². The van der Waals surface area contributed by atoms with Crippen molar-refractivity contribution in [3.8, 4) is 34.0 Å². The number of aryl methyl sites for hydroxylation is 1. The second-order valence-corrected chi connectivity index (χ2v) is 8.24. The van der Waals surface area contributed by atoms with E-state index in [1.165, 1.54) is 0 Å². The Balaban J connectivity index is 1.60. The van der Waals surface area contributed by atoms with E-state index in [-0.39, 0.29) is 18.4 Å². The zero-order valence-electron chi connectivity index (χ0n) is 19.6. The molecule has 0 saturated heterocycles. The number of aromatic nitrogens is 2. The molecule has 0 fully saturated rings. The number of halogens is 1. The van der Waals surface area contributed by atoms with E-state index in [4.69, 9.17) is 21.1 Å². The number of rotatable bonds is 8. The van der Waals surface area contributed by atoms with Crippen molar-refractivity contribution in [2.24, 2.45) is 0 Å². The van der Waals surface area contributed by atoms with Gasteiger partial charge in [-0.25, -0.2) is 9.97 Å². The monoisotopic (exact) mass is 488 g/mol. The molecule has 0 saturated carbocycles. The number of methoxy groups -OCH3 is 2. The molecular formula is C27H25ClN4O3. The maximum absolute atomic E-state index is 12.8. The largest absolute Gasteiger partial charge is 0.497 e. The van der Waals surface area contributed by atoms with Crippen LogP contribution in [-0.2, 0) is 4.79 Å². The van der Waals surface area contributed by atoms with Crippen LogP contribution in [0.15, 0.2) is 72.8 Å². The third-order valence-electron chi connectivity index (χ3n) is 5.31. The Hall–Kier alpha value is -4.10. The molecule has 0 aliphatic heterocycles. The van der Waals surface area contributed by atoms with E-state index >= 15 is 0 Å². The van der Waals surface area contributed by atoms with Gasteiger partial charge in [-0.3, -0.25) is 10.1 Å². The Kier molecular flexibility index (Phi) is 7.48. The first kappa shape index (κ1) is 24.0. The summed E-state index contributed by atoms with van der Waals surface area (Å²) in [5.41, 5.74) is 4.94. The normalized spacial score (nSPS) is 10.5. The number of carbonyl (C=O) groups is 1. The Morgan fingerprint density at radius 1 is 0.857 bits per heavy atom. The minimum absolute atomic E-state index is 0.0211. The highest BCUT2D eigenvalue weighted by Crippen LogP contribution is 2.28. The standard InChI is InChI=1S/C27H25ClN4O3/c1-17-4-6-18(7-5-17)22-15-23(19-8-11-21(34-2)12-9-19)31-27(30-22)32-26(33)16-29-24-14-20(28)10-13-25(24)35-3/h4-15,29H,16H2,1-3H3,(H,30,31,32,33). The van der Waals surface area contributed by atoms with Crippen LogP contribution in [0.4, 0.5) is 11.6 Å². The van der Waals surface area contributed by atoms with Gasteiger partial charge in [-0.1, -0.05) is 41.4 Å². The smallest absolute Gasteiger partial charge is 0.246 e. The number of anilines is 2. The zero-order valence-corrected chi connectivity index (χ0v) is 20.4. The fourth-order valence-electron chi connectivity index (χ4n) is 3.45. The van der Waals surface area contributed by atoms with Gasteiger partial charge in [-0.2, -0.15) is 0 Å². The van der Waals surface area contributed by atoms with E-state index in [0.717, 1.165) is 22.4 Å². The van der Waals surface area contributed by atoms with Crippen molar-refractivity contribution in [2.75, 3.05) is 31.4 Å². The number of carbonyl (C=O) groups excluding carboxylic acids is 1. The van der Waals surface area contributed by atoms with Crippen molar-refractivity contribution in [3.05, 3.63) is 83.4 Å². The first-order valence-electron chi connectivity index (χ1n) is 10.9. The van der Waals surface area contributed by atoms with Crippen LogP contribution >= 0.6 is 11.6 Å². The Labute approximate surface area is 209 Å². The van der Waals surface area contributed by atoms with Gasteiger partial charge in [0.2, 0.25) is 11.9 Å². The molecule has 0 spiro atoms. The third kappa shape index (κ3) is 6.07. The van der Waals surface area contributed by atoms with Gasteiger partial charge in [0, 0.05) is 16.1 Å². The summed E-state index contributed by atoms with van der Waals surface area (Å²) in [5, 5.41) is 6.38. The van der Waals surface area contributed by atoms with Crippen LogP contribution in [0.5, 0.6) is 11.5 Å². The molecule has 4 rings (SSSR count). The first-order chi connectivity index (χ1) is 16.9. The Morgan fingerprint density at radius 2 is 1.49 bits per heavy atom. The summed E-state index contributed by atoms with van der Waals surface area (Å²) >= 11 is 6.07. The lowest BCUT2D eigenvalue weighted by Crippen LogP contribution is -2.23. The maximum atomic E-state index is 12.8. The van der Waals surface area contributed by atoms with Crippen LogP contribution in [0.3, 0.4) is 0 Å². The highest BCUT2D eigenvalue weighted by atomic mass is 35.5. The molecule has 35 heavy (non-hydrogen) atoms. The Morgan fingerprint density at radius 3 is 2.09 bits per heavy atom. The van der Waals surface area contributed by atoms with Crippen LogP contribution in [0, 0.1) is 6.92 Å². The predicted octanol–water partition coefficient (Wildman–Crippen LogP) is 5.84. The number of nitrogens with zero attached hydrogens (tertiary/aromatic N) is 2. The molecule has 2 N–H and O–H groups in total. The third-order valence-corrected chi connectivity index (χ3v) is 5.55. The van der Waals surface area contributed by atoms with Gasteiger partial charge in [0.05, 0.1) is 37.8 Å². The topological polar surface area (TPSA) is 85.4 Å². The number of hydrogen-bond donors (Lipinski definition) is 2. The summed E-state index contributed by atoms with van der Waals surface area (Å²) in [6, 6.07) is 22.6. The average molecular weight is 489 g/mol. The molecule has 1 aromatic heterocycles. The SMILES string of the molecule is COc1ccc(-c2cc(-c3ccc(C)cc3)nc(NC(=O)CNc3cc(Cl)ccc3OC)n2)cc1. The van der Waals surface area contributed by atoms with Crippen LogP contribution in [0.2, 0.25) is 5.02 Å². The number of nitrogens with one attached hydrogen (secondary N) is 2. The van der Waals surface area contributed by atoms with E-state index in [1.54, 1.807) is 32.4 Å². The number of hydrogen-bond acceptors (Lipinski definition) is 6. The second-order valence-electron chi connectivity index (χ2n) is 7.80. The lowest BCUT2D eigenvalue weighted by molar-refractivity contribution is -0.114. The minimum atomic E-state index is -0.311. The summed E-state index contributed by atoms with van der Waals surface area (Å²) in [6.07, 6.45) is 0. The molecule has 4 aromatic rings. The summed E-state index contributed by atoms with van der Waals surface area (Å²) in [6.45, 7) is 2.01. The van der Waals surface area contributed by atoms with E-state index in [2.05, 4.69) is 20.6 Å². The molecule has 0 unspecified atom stereocenters. The fourth-order valence-corrected chi connectivity index (χ4v) is 3.62.